The minimum absolute atomic E-state index is 0.110. The van der Waals surface area contributed by atoms with E-state index in [1.807, 2.05) is 49.4 Å². The second-order valence-corrected chi connectivity index (χ2v) is 7.85. The number of thiophene rings is 1. The van der Waals surface area contributed by atoms with Crippen molar-refractivity contribution >= 4 is 43.9 Å². The number of phenols is 1. The number of fused-ring (bicyclic) bond motifs is 1. The highest BCUT2D eigenvalue weighted by Gasteiger charge is 2.16. The lowest BCUT2D eigenvalue weighted by atomic mass is 10.1. The van der Waals surface area contributed by atoms with Gasteiger partial charge in [-0.2, -0.15) is 0 Å². The average Bonchev–Trinajstić information content (AvgIpc) is 3.23. The van der Waals surface area contributed by atoms with Gasteiger partial charge in [-0.05, 0) is 36.8 Å². The third-order valence-corrected chi connectivity index (χ3v) is 5.80. The van der Waals surface area contributed by atoms with Crippen LogP contribution < -0.4 is 5.32 Å². The number of phenolic OH excluding ortho intramolecular Hbond substituents is 1. The molecule has 4 aromatic rings. The molecule has 0 bridgehead atoms. The van der Waals surface area contributed by atoms with E-state index in [0.29, 0.717) is 15.5 Å². The fourth-order valence-corrected chi connectivity index (χ4v) is 4.39. The molecule has 0 aliphatic heterocycles. The van der Waals surface area contributed by atoms with Crippen molar-refractivity contribution in [1.82, 2.24) is 4.98 Å². The van der Waals surface area contributed by atoms with Crippen LogP contribution in [0.5, 0.6) is 5.75 Å². The molecule has 4 nitrogen and oxygen atoms in total. The molecule has 4 rings (SSSR count). The third-order valence-electron chi connectivity index (χ3n) is 3.79. The Bertz CT molecular complexity index is 1070. The number of nitrogens with one attached hydrogen (secondary N) is 1. The summed E-state index contributed by atoms with van der Waals surface area (Å²) in [5.74, 6) is -0.0729. The van der Waals surface area contributed by atoms with Crippen molar-refractivity contribution in [3.05, 3.63) is 64.4 Å². The van der Waals surface area contributed by atoms with Gasteiger partial charge in [0.05, 0.1) is 9.58 Å². The Hall–Kier alpha value is -2.70. The van der Waals surface area contributed by atoms with E-state index in [-0.39, 0.29) is 11.7 Å². The van der Waals surface area contributed by atoms with Crippen LogP contribution in [0.2, 0.25) is 0 Å². The number of thiazole rings is 1. The van der Waals surface area contributed by atoms with E-state index in [9.17, 15) is 9.90 Å². The van der Waals surface area contributed by atoms with Gasteiger partial charge in [-0.3, -0.25) is 10.1 Å². The highest BCUT2D eigenvalue weighted by Crippen LogP contribution is 2.39. The number of carbonyl (C=O) groups is 1. The average molecular weight is 366 g/mol. The predicted octanol–water partition coefficient (Wildman–Crippen LogP) is 5.29. The van der Waals surface area contributed by atoms with E-state index in [0.717, 1.165) is 20.7 Å². The van der Waals surface area contributed by atoms with Crippen LogP contribution in [-0.2, 0) is 0 Å². The maximum absolute atomic E-state index is 12.3. The van der Waals surface area contributed by atoms with E-state index < -0.39 is 0 Å². The maximum Gasteiger partial charge on any atom is 0.267 e. The summed E-state index contributed by atoms with van der Waals surface area (Å²) in [6, 6.07) is 17.2. The summed E-state index contributed by atoms with van der Waals surface area (Å²) in [7, 11) is 0. The summed E-state index contributed by atoms with van der Waals surface area (Å²) >= 11 is 2.80. The highest BCUT2D eigenvalue weighted by molar-refractivity contribution is 7.23. The Labute approximate surface area is 152 Å². The molecule has 0 fully saturated rings. The van der Waals surface area contributed by atoms with Crippen molar-refractivity contribution < 1.29 is 9.90 Å². The van der Waals surface area contributed by atoms with Gasteiger partial charge in [0.15, 0.2) is 5.13 Å². The number of aryl methyl sites for hydroxylation is 1. The molecule has 2 heterocycles. The first-order valence-corrected chi connectivity index (χ1v) is 9.31. The molecule has 2 N–H and O–H groups in total. The van der Waals surface area contributed by atoms with Crippen LogP contribution in [0.25, 0.3) is 21.3 Å². The number of anilines is 1. The van der Waals surface area contributed by atoms with Gasteiger partial charge in [0.25, 0.3) is 5.91 Å². The third kappa shape index (κ3) is 3.01. The summed E-state index contributed by atoms with van der Waals surface area (Å²) in [4.78, 5) is 18.5. The summed E-state index contributed by atoms with van der Waals surface area (Å²) in [5, 5.41) is 13.5. The number of nitrogens with zero attached hydrogens (tertiary/aromatic N) is 1. The van der Waals surface area contributed by atoms with E-state index in [1.165, 1.54) is 22.7 Å². The highest BCUT2D eigenvalue weighted by atomic mass is 32.1. The smallest absolute Gasteiger partial charge is 0.267 e. The molecule has 0 aliphatic carbocycles. The van der Waals surface area contributed by atoms with Crippen molar-refractivity contribution in [2.75, 3.05) is 5.32 Å². The van der Waals surface area contributed by atoms with Crippen LogP contribution in [0.15, 0.2) is 54.6 Å². The molecule has 2 aromatic carbocycles. The zero-order valence-corrected chi connectivity index (χ0v) is 14.9. The first kappa shape index (κ1) is 15.8. The second kappa shape index (κ2) is 6.31. The number of aromatic nitrogens is 1. The minimum Gasteiger partial charge on any atom is -0.506 e. The summed E-state index contributed by atoms with van der Waals surface area (Å²) in [6.45, 7) is 1.96. The number of carbonyl (C=O) groups excluding carboxylic acids is 1. The molecule has 0 atom stereocenters. The van der Waals surface area contributed by atoms with Crippen molar-refractivity contribution in [1.29, 1.82) is 0 Å². The van der Waals surface area contributed by atoms with Crippen LogP contribution in [0, 0.1) is 6.92 Å². The monoisotopic (exact) mass is 366 g/mol. The summed E-state index contributed by atoms with van der Waals surface area (Å²) < 4.78 is 0.851. The Balaban J connectivity index is 1.74. The number of aromatic hydroxyl groups is 1. The fourth-order valence-electron chi connectivity index (χ4n) is 2.61. The standard InChI is InChI=1S/C19H14N2O2S2/c1-11-7-10-15(24-11)18(23)21-19-20-16-14(22)9-8-13(17(16)25-19)12-5-3-2-4-6-12/h2-10,22H,1H3,(H,20,21,23). The maximum atomic E-state index is 12.3. The molecule has 124 valence electrons. The van der Waals surface area contributed by atoms with Crippen LogP contribution in [0.3, 0.4) is 0 Å². The van der Waals surface area contributed by atoms with Crippen molar-refractivity contribution in [2.24, 2.45) is 0 Å². The molecule has 0 aliphatic rings. The van der Waals surface area contributed by atoms with E-state index in [1.54, 1.807) is 12.1 Å². The van der Waals surface area contributed by atoms with Gasteiger partial charge in [0.1, 0.15) is 11.3 Å². The van der Waals surface area contributed by atoms with Crippen molar-refractivity contribution in [3.63, 3.8) is 0 Å². The fraction of sp³-hybridized carbons (Fsp3) is 0.0526. The lowest BCUT2D eigenvalue weighted by Gasteiger charge is -2.03. The molecule has 1 amide bonds. The van der Waals surface area contributed by atoms with Crippen molar-refractivity contribution in [3.8, 4) is 16.9 Å². The predicted molar refractivity (Wildman–Crippen MR) is 104 cm³/mol. The minimum atomic E-state index is -0.182. The van der Waals surface area contributed by atoms with E-state index in [2.05, 4.69) is 10.3 Å². The van der Waals surface area contributed by atoms with Crippen molar-refractivity contribution in [2.45, 2.75) is 6.92 Å². The molecule has 0 saturated carbocycles. The lowest BCUT2D eigenvalue weighted by molar-refractivity contribution is 0.103. The molecule has 2 aromatic heterocycles. The number of amides is 1. The number of hydrogen-bond donors (Lipinski definition) is 2. The molecule has 0 radical (unpaired) electrons. The normalized spacial score (nSPS) is 10.9. The van der Waals surface area contributed by atoms with Gasteiger partial charge in [0.2, 0.25) is 0 Å². The molecular formula is C19H14N2O2S2. The second-order valence-electron chi connectivity index (χ2n) is 5.56. The Morgan fingerprint density at radius 1 is 1.04 bits per heavy atom. The molecule has 6 heteroatoms. The number of rotatable bonds is 3. The number of hydrogen-bond acceptors (Lipinski definition) is 5. The van der Waals surface area contributed by atoms with Crippen LogP contribution in [0.1, 0.15) is 14.5 Å². The first-order chi connectivity index (χ1) is 12.1. The quantitative estimate of drug-likeness (QED) is 0.518. The Morgan fingerprint density at radius 3 is 2.56 bits per heavy atom. The zero-order valence-electron chi connectivity index (χ0n) is 13.3. The van der Waals surface area contributed by atoms with E-state index >= 15 is 0 Å². The molecule has 25 heavy (non-hydrogen) atoms. The topological polar surface area (TPSA) is 62.2 Å². The lowest BCUT2D eigenvalue weighted by Crippen LogP contribution is -2.09. The first-order valence-electron chi connectivity index (χ1n) is 7.67. The van der Waals surface area contributed by atoms with Crippen LogP contribution in [-0.4, -0.2) is 16.0 Å². The van der Waals surface area contributed by atoms with Gasteiger partial charge in [-0.25, -0.2) is 4.98 Å². The molecule has 0 saturated heterocycles. The Kier molecular flexibility index (Phi) is 3.99. The van der Waals surface area contributed by atoms with Crippen LogP contribution >= 0.6 is 22.7 Å². The summed E-state index contributed by atoms with van der Waals surface area (Å²) in [5.41, 5.74) is 2.53. The largest absolute Gasteiger partial charge is 0.506 e. The van der Waals surface area contributed by atoms with Crippen LogP contribution in [0.4, 0.5) is 5.13 Å². The Morgan fingerprint density at radius 2 is 1.84 bits per heavy atom. The van der Waals surface area contributed by atoms with Gasteiger partial charge < -0.3 is 5.11 Å². The number of benzene rings is 2. The van der Waals surface area contributed by atoms with E-state index in [4.69, 9.17) is 0 Å². The SMILES string of the molecule is Cc1ccc(C(=O)Nc2nc3c(O)ccc(-c4ccccc4)c3s2)s1. The van der Waals surface area contributed by atoms with Gasteiger partial charge in [0, 0.05) is 10.4 Å². The van der Waals surface area contributed by atoms with Gasteiger partial charge in [-0.15, -0.1) is 11.3 Å². The zero-order chi connectivity index (χ0) is 17.4. The molecule has 0 unspecified atom stereocenters. The van der Waals surface area contributed by atoms with Gasteiger partial charge in [-0.1, -0.05) is 41.7 Å². The molecule has 0 spiro atoms. The molecular weight excluding hydrogens is 352 g/mol. The summed E-state index contributed by atoms with van der Waals surface area (Å²) in [6.07, 6.45) is 0. The van der Waals surface area contributed by atoms with Gasteiger partial charge >= 0.3 is 0 Å².